The van der Waals surface area contributed by atoms with E-state index in [9.17, 15) is 14.4 Å². The maximum Gasteiger partial charge on any atom is 0.341 e. The molecule has 0 atom stereocenters. The van der Waals surface area contributed by atoms with E-state index in [2.05, 4.69) is 10.2 Å². The first-order valence-electron chi connectivity index (χ1n) is 9.53. The molecule has 2 aromatic rings. The maximum atomic E-state index is 12.6. The average Bonchev–Trinajstić information content (AvgIpc) is 3.22. The number of halogens is 1. The van der Waals surface area contributed by atoms with E-state index >= 15 is 0 Å². The van der Waals surface area contributed by atoms with Crippen molar-refractivity contribution in [2.75, 3.05) is 38.1 Å². The van der Waals surface area contributed by atoms with Crippen LogP contribution in [0.1, 0.15) is 32.6 Å². The summed E-state index contributed by atoms with van der Waals surface area (Å²) in [5, 5.41) is 3.12. The lowest BCUT2D eigenvalue weighted by molar-refractivity contribution is -0.136. The fourth-order valence-corrected chi connectivity index (χ4v) is 5.45. The second-order valence-corrected chi connectivity index (χ2v) is 10.1. The molecule has 7 nitrogen and oxygen atoms in total. The number of carbonyl (C=O) groups excluding carboxylic acids is 3. The number of thiophene rings is 2. The smallest absolute Gasteiger partial charge is 0.341 e. The summed E-state index contributed by atoms with van der Waals surface area (Å²) in [6.07, 6.45) is 0. The van der Waals surface area contributed by atoms with E-state index in [0.717, 1.165) is 34.4 Å². The third-order valence-corrected chi connectivity index (χ3v) is 7.28. The van der Waals surface area contributed by atoms with Crippen LogP contribution < -0.4 is 5.32 Å². The van der Waals surface area contributed by atoms with Crippen molar-refractivity contribution >= 4 is 57.1 Å². The molecule has 30 heavy (non-hydrogen) atoms. The van der Waals surface area contributed by atoms with Crippen LogP contribution in [0.25, 0.3) is 0 Å². The van der Waals surface area contributed by atoms with E-state index in [-0.39, 0.29) is 18.4 Å². The van der Waals surface area contributed by atoms with Gasteiger partial charge in [0.05, 0.1) is 9.90 Å². The number of aryl methyl sites for hydroxylation is 1. The Hall–Kier alpha value is -1.94. The molecule has 0 aromatic carbocycles. The quantitative estimate of drug-likeness (QED) is 0.654. The van der Waals surface area contributed by atoms with Crippen LogP contribution in [0.3, 0.4) is 0 Å². The molecule has 0 aliphatic carbocycles. The monoisotopic (exact) mass is 469 g/mol. The van der Waals surface area contributed by atoms with E-state index < -0.39 is 5.97 Å². The fourth-order valence-electron chi connectivity index (χ4n) is 3.22. The van der Waals surface area contributed by atoms with Crippen LogP contribution in [0.2, 0.25) is 4.34 Å². The van der Waals surface area contributed by atoms with Gasteiger partial charge in [0, 0.05) is 49.4 Å². The molecule has 2 aromatic heterocycles. The number of carbonyl (C=O) groups is 3. The van der Waals surface area contributed by atoms with Crippen LogP contribution >= 0.6 is 34.3 Å². The number of esters is 1. The average molecular weight is 470 g/mol. The highest BCUT2D eigenvalue weighted by atomic mass is 35.5. The number of anilines is 1. The summed E-state index contributed by atoms with van der Waals surface area (Å²) in [5.41, 5.74) is 1.07. The lowest BCUT2D eigenvalue weighted by atomic mass is 10.1. The van der Waals surface area contributed by atoms with Crippen molar-refractivity contribution in [2.45, 2.75) is 27.3 Å². The highest BCUT2D eigenvalue weighted by Crippen LogP contribution is 2.33. The molecular formula is C20H24ClN3O4S2. The molecule has 1 saturated heterocycles. The Morgan fingerprint density at radius 3 is 2.43 bits per heavy atom. The van der Waals surface area contributed by atoms with Gasteiger partial charge in [0.1, 0.15) is 5.00 Å². The van der Waals surface area contributed by atoms with Crippen LogP contribution in [0.5, 0.6) is 0 Å². The Balaban J connectivity index is 1.50. The molecule has 0 bridgehead atoms. The summed E-state index contributed by atoms with van der Waals surface area (Å²) in [7, 11) is 0. The van der Waals surface area contributed by atoms with Crippen molar-refractivity contribution in [3.8, 4) is 0 Å². The summed E-state index contributed by atoms with van der Waals surface area (Å²) in [4.78, 5) is 42.6. The Morgan fingerprint density at radius 1 is 1.13 bits per heavy atom. The summed E-state index contributed by atoms with van der Waals surface area (Å²) in [5.74, 6) is -1.07. The molecule has 0 spiro atoms. The van der Waals surface area contributed by atoms with Crippen LogP contribution in [-0.4, -0.2) is 60.4 Å². The largest absolute Gasteiger partial charge is 0.452 e. The molecular weight excluding hydrogens is 446 g/mol. The molecule has 3 rings (SSSR count). The van der Waals surface area contributed by atoms with Crippen LogP contribution in [-0.2, 0) is 20.9 Å². The van der Waals surface area contributed by atoms with Gasteiger partial charge >= 0.3 is 5.97 Å². The van der Waals surface area contributed by atoms with E-state index in [1.807, 2.05) is 19.1 Å². The molecule has 1 N–H and O–H groups in total. The Labute approximate surface area is 188 Å². The number of piperazine rings is 1. The van der Waals surface area contributed by atoms with Crippen molar-refractivity contribution < 1.29 is 19.1 Å². The Morgan fingerprint density at radius 2 is 1.83 bits per heavy atom. The predicted molar refractivity (Wildman–Crippen MR) is 120 cm³/mol. The number of hydrogen-bond donors (Lipinski definition) is 1. The topological polar surface area (TPSA) is 78.9 Å². The summed E-state index contributed by atoms with van der Waals surface area (Å²) >= 11 is 8.87. The van der Waals surface area contributed by atoms with E-state index in [4.69, 9.17) is 16.3 Å². The van der Waals surface area contributed by atoms with Crippen LogP contribution in [0.15, 0.2) is 12.1 Å². The first-order valence-corrected chi connectivity index (χ1v) is 11.5. The number of amides is 2. The molecule has 1 fully saturated rings. The van der Waals surface area contributed by atoms with Gasteiger partial charge in [-0.05, 0) is 31.5 Å². The van der Waals surface area contributed by atoms with Crippen molar-refractivity contribution in [3.63, 3.8) is 0 Å². The highest BCUT2D eigenvalue weighted by Gasteiger charge is 2.25. The minimum Gasteiger partial charge on any atom is -0.452 e. The van der Waals surface area contributed by atoms with Crippen molar-refractivity contribution in [3.05, 3.63) is 37.4 Å². The lowest BCUT2D eigenvalue weighted by Crippen LogP contribution is -2.49. The first kappa shape index (κ1) is 22.7. The van der Waals surface area contributed by atoms with Gasteiger partial charge in [-0.3, -0.25) is 14.5 Å². The fraction of sp³-hybridized carbons (Fsp3) is 0.450. The molecule has 1 aliphatic rings. The Kier molecular flexibility index (Phi) is 7.51. The van der Waals surface area contributed by atoms with Crippen molar-refractivity contribution in [2.24, 2.45) is 0 Å². The van der Waals surface area contributed by atoms with Gasteiger partial charge in [0.2, 0.25) is 5.91 Å². The van der Waals surface area contributed by atoms with Crippen molar-refractivity contribution in [1.82, 2.24) is 9.80 Å². The predicted octanol–water partition coefficient (Wildman–Crippen LogP) is 3.54. The van der Waals surface area contributed by atoms with Gasteiger partial charge in [-0.1, -0.05) is 11.6 Å². The molecule has 0 saturated carbocycles. The number of hydrogen-bond acceptors (Lipinski definition) is 7. The number of nitrogens with one attached hydrogen (secondary N) is 1. The minimum absolute atomic E-state index is 0.215. The SMILES string of the molecule is CC(=O)Nc1sc(C)c(C)c1C(=O)OCC(=O)N1CCN(Cc2ccc(Cl)s2)CC1. The number of rotatable bonds is 6. The van der Waals surface area contributed by atoms with Crippen LogP contribution in [0.4, 0.5) is 5.00 Å². The van der Waals surface area contributed by atoms with E-state index in [1.54, 1.807) is 23.2 Å². The van der Waals surface area contributed by atoms with Gasteiger partial charge in [0.25, 0.3) is 5.91 Å². The molecule has 0 radical (unpaired) electrons. The summed E-state index contributed by atoms with van der Waals surface area (Å²) in [6.45, 7) is 8.24. The number of nitrogens with zero attached hydrogens (tertiary/aromatic N) is 2. The lowest BCUT2D eigenvalue weighted by Gasteiger charge is -2.34. The minimum atomic E-state index is -0.595. The summed E-state index contributed by atoms with van der Waals surface area (Å²) < 4.78 is 6.06. The molecule has 162 valence electrons. The third-order valence-electron chi connectivity index (χ3n) is 4.94. The third kappa shape index (κ3) is 5.60. The zero-order chi connectivity index (χ0) is 21.8. The zero-order valence-corrected chi connectivity index (χ0v) is 19.5. The van der Waals surface area contributed by atoms with Gasteiger partial charge in [0.15, 0.2) is 6.61 Å². The van der Waals surface area contributed by atoms with Gasteiger partial charge < -0.3 is 15.0 Å². The normalized spacial score (nSPS) is 14.6. The zero-order valence-electron chi connectivity index (χ0n) is 17.1. The summed E-state index contributed by atoms with van der Waals surface area (Å²) in [6, 6.07) is 3.91. The number of ether oxygens (including phenoxy) is 1. The van der Waals surface area contributed by atoms with Gasteiger partial charge in [-0.2, -0.15) is 0 Å². The molecule has 2 amide bonds. The standard InChI is InChI=1S/C20H24ClN3O4S2/c1-12-13(2)29-19(22-14(3)25)18(12)20(27)28-11-17(26)24-8-6-23(7-9-24)10-15-4-5-16(21)30-15/h4-5H,6-11H2,1-3H3,(H,22,25). The first-order chi connectivity index (χ1) is 14.2. The molecule has 1 aliphatic heterocycles. The van der Waals surface area contributed by atoms with Crippen LogP contribution in [0, 0.1) is 13.8 Å². The van der Waals surface area contributed by atoms with Crippen molar-refractivity contribution in [1.29, 1.82) is 0 Å². The van der Waals surface area contributed by atoms with E-state index in [1.165, 1.54) is 23.1 Å². The van der Waals surface area contributed by atoms with E-state index in [0.29, 0.717) is 23.7 Å². The second kappa shape index (κ2) is 9.91. The Bertz CT molecular complexity index is 948. The maximum absolute atomic E-state index is 12.6. The van der Waals surface area contributed by atoms with Gasteiger partial charge in [-0.25, -0.2) is 4.79 Å². The second-order valence-electron chi connectivity index (χ2n) is 7.11. The molecule has 10 heteroatoms. The molecule has 0 unspecified atom stereocenters. The molecule has 3 heterocycles. The highest BCUT2D eigenvalue weighted by molar-refractivity contribution is 7.17. The van der Waals surface area contributed by atoms with Gasteiger partial charge in [-0.15, -0.1) is 22.7 Å².